The summed E-state index contributed by atoms with van der Waals surface area (Å²) < 4.78 is 0. The van der Waals surface area contributed by atoms with Gasteiger partial charge in [0.25, 0.3) is 0 Å². The SMILES string of the molecule is Cc1cnc2c(ccc3[nH]cc(C4CN5CCC4CC5)c32)n1. The second kappa shape index (κ2) is 4.53. The molecule has 0 radical (unpaired) electrons. The molecule has 4 nitrogen and oxygen atoms in total. The van der Waals surface area contributed by atoms with Gasteiger partial charge in [-0.15, -0.1) is 0 Å². The van der Waals surface area contributed by atoms with Crippen LogP contribution < -0.4 is 0 Å². The smallest absolute Gasteiger partial charge is 0.0983 e. The van der Waals surface area contributed by atoms with Gasteiger partial charge in [-0.1, -0.05) is 0 Å². The third-order valence-electron chi connectivity index (χ3n) is 5.56. The second-order valence-corrected chi connectivity index (χ2v) is 6.86. The number of hydrogen-bond donors (Lipinski definition) is 1. The zero-order chi connectivity index (χ0) is 14.7. The standard InChI is InChI=1S/C18H20N4/c1-11-8-20-18-16(21-11)3-2-15-17(18)13(9-19-15)14-10-22-6-4-12(14)5-7-22/h2-3,8-9,12,14,19H,4-7,10H2,1H3. The van der Waals surface area contributed by atoms with Gasteiger partial charge in [0, 0.05) is 35.8 Å². The van der Waals surface area contributed by atoms with Crippen molar-refractivity contribution in [3.05, 3.63) is 35.8 Å². The maximum Gasteiger partial charge on any atom is 0.0983 e. The van der Waals surface area contributed by atoms with Crippen LogP contribution in [0.4, 0.5) is 0 Å². The van der Waals surface area contributed by atoms with Crippen molar-refractivity contribution in [3.63, 3.8) is 0 Å². The Kier molecular flexibility index (Phi) is 2.59. The van der Waals surface area contributed by atoms with E-state index in [1.165, 1.54) is 48.9 Å². The summed E-state index contributed by atoms with van der Waals surface area (Å²) in [6, 6.07) is 4.23. The molecule has 0 spiro atoms. The fraction of sp³-hybridized carbons (Fsp3) is 0.444. The summed E-state index contributed by atoms with van der Waals surface area (Å²) in [6.07, 6.45) is 6.78. The molecule has 2 bridgehead atoms. The van der Waals surface area contributed by atoms with Gasteiger partial charge in [0.2, 0.25) is 0 Å². The van der Waals surface area contributed by atoms with Gasteiger partial charge in [0.1, 0.15) is 0 Å². The van der Waals surface area contributed by atoms with E-state index in [1.54, 1.807) is 0 Å². The summed E-state index contributed by atoms with van der Waals surface area (Å²) in [5.74, 6) is 1.47. The van der Waals surface area contributed by atoms with Crippen LogP contribution in [0.3, 0.4) is 0 Å². The topological polar surface area (TPSA) is 44.8 Å². The average molecular weight is 292 g/mol. The first-order valence-corrected chi connectivity index (χ1v) is 8.25. The molecule has 1 atom stereocenters. The van der Waals surface area contributed by atoms with Crippen molar-refractivity contribution in [1.29, 1.82) is 0 Å². The first kappa shape index (κ1) is 12.6. The Labute approximate surface area is 129 Å². The van der Waals surface area contributed by atoms with Gasteiger partial charge in [-0.05, 0) is 56.5 Å². The fourth-order valence-corrected chi connectivity index (χ4v) is 4.43. The molecule has 1 unspecified atom stereocenters. The monoisotopic (exact) mass is 292 g/mol. The zero-order valence-corrected chi connectivity index (χ0v) is 12.8. The molecule has 5 heterocycles. The number of hydrogen-bond acceptors (Lipinski definition) is 3. The largest absolute Gasteiger partial charge is 0.361 e. The minimum absolute atomic E-state index is 0.643. The van der Waals surface area contributed by atoms with Gasteiger partial charge in [-0.25, -0.2) is 4.98 Å². The van der Waals surface area contributed by atoms with Gasteiger partial charge in [-0.3, -0.25) is 4.98 Å². The van der Waals surface area contributed by atoms with E-state index >= 15 is 0 Å². The predicted molar refractivity (Wildman–Crippen MR) is 88.0 cm³/mol. The van der Waals surface area contributed by atoms with Crippen LogP contribution in [0, 0.1) is 12.8 Å². The van der Waals surface area contributed by atoms with E-state index in [0.29, 0.717) is 5.92 Å². The summed E-state index contributed by atoms with van der Waals surface area (Å²) in [7, 11) is 0. The molecule has 1 aromatic carbocycles. The number of H-pyrrole nitrogens is 1. The number of nitrogens with zero attached hydrogens (tertiary/aromatic N) is 3. The summed E-state index contributed by atoms with van der Waals surface area (Å²) in [4.78, 5) is 15.4. The van der Waals surface area contributed by atoms with Crippen LogP contribution in [-0.2, 0) is 0 Å². The molecule has 3 aliphatic rings. The highest BCUT2D eigenvalue weighted by atomic mass is 15.1. The maximum absolute atomic E-state index is 4.70. The van der Waals surface area contributed by atoms with E-state index in [1.807, 2.05) is 13.1 Å². The third kappa shape index (κ3) is 1.73. The molecule has 1 N–H and O–H groups in total. The number of benzene rings is 1. The summed E-state index contributed by atoms with van der Waals surface area (Å²) in [5, 5.41) is 1.30. The number of aryl methyl sites for hydroxylation is 1. The normalized spacial score (nSPS) is 27.8. The Morgan fingerprint density at radius 1 is 1.23 bits per heavy atom. The van der Waals surface area contributed by atoms with E-state index in [-0.39, 0.29) is 0 Å². The first-order chi connectivity index (χ1) is 10.8. The van der Waals surface area contributed by atoms with Crippen molar-refractivity contribution in [3.8, 4) is 0 Å². The molecule has 3 saturated heterocycles. The lowest BCUT2D eigenvalue weighted by Crippen LogP contribution is -2.46. The molecule has 0 saturated carbocycles. The van der Waals surface area contributed by atoms with Crippen LogP contribution in [0.15, 0.2) is 24.5 Å². The number of rotatable bonds is 1. The number of aromatic nitrogens is 3. The minimum Gasteiger partial charge on any atom is -0.361 e. The van der Waals surface area contributed by atoms with Crippen molar-refractivity contribution in [2.24, 2.45) is 5.92 Å². The molecule has 0 amide bonds. The van der Waals surface area contributed by atoms with Crippen LogP contribution in [-0.4, -0.2) is 39.5 Å². The quantitative estimate of drug-likeness (QED) is 0.749. The van der Waals surface area contributed by atoms with E-state index in [9.17, 15) is 0 Å². The van der Waals surface area contributed by atoms with E-state index in [4.69, 9.17) is 4.98 Å². The van der Waals surface area contributed by atoms with Crippen LogP contribution >= 0.6 is 0 Å². The molecular weight excluding hydrogens is 272 g/mol. The molecule has 4 heteroatoms. The third-order valence-corrected chi connectivity index (χ3v) is 5.56. The van der Waals surface area contributed by atoms with Gasteiger partial charge >= 0.3 is 0 Å². The van der Waals surface area contributed by atoms with Gasteiger partial charge in [0.15, 0.2) is 0 Å². The lowest BCUT2D eigenvalue weighted by Gasteiger charge is -2.44. The summed E-state index contributed by atoms with van der Waals surface area (Å²) in [5.41, 5.74) is 5.68. The Bertz CT molecular complexity index is 858. The van der Waals surface area contributed by atoms with Crippen molar-refractivity contribution in [1.82, 2.24) is 19.9 Å². The molecule has 112 valence electrons. The first-order valence-electron chi connectivity index (χ1n) is 8.25. The highest BCUT2D eigenvalue weighted by molar-refractivity contribution is 6.04. The second-order valence-electron chi connectivity index (χ2n) is 6.86. The van der Waals surface area contributed by atoms with Crippen molar-refractivity contribution in [2.75, 3.05) is 19.6 Å². The van der Waals surface area contributed by atoms with Crippen LogP contribution in [0.25, 0.3) is 21.9 Å². The Morgan fingerprint density at radius 3 is 2.86 bits per heavy atom. The number of aromatic amines is 1. The summed E-state index contributed by atoms with van der Waals surface area (Å²) in [6.45, 7) is 5.77. The predicted octanol–water partition coefficient (Wildman–Crippen LogP) is 3.23. The fourth-order valence-electron chi connectivity index (χ4n) is 4.43. The number of piperidine rings is 3. The highest BCUT2D eigenvalue weighted by Gasteiger charge is 2.36. The lowest BCUT2D eigenvalue weighted by atomic mass is 9.75. The van der Waals surface area contributed by atoms with Crippen LogP contribution in [0.5, 0.6) is 0 Å². The average Bonchev–Trinajstić information content (AvgIpc) is 3.00. The highest BCUT2D eigenvalue weighted by Crippen LogP contribution is 2.42. The van der Waals surface area contributed by atoms with Crippen LogP contribution in [0.1, 0.15) is 30.0 Å². The van der Waals surface area contributed by atoms with Crippen molar-refractivity contribution < 1.29 is 0 Å². The molecular formula is C18H20N4. The van der Waals surface area contributed by atoms with Gasteiger partial charge in [0.05, 0.1) is 16.7 Å². The molecule has 2 aromatic heterocycles. The van der Waals surface area contributed by atoms with E-state index < -0.39 is 0 Å². The zero-order valence-electron chi connectivity index (χ0n) is 12.8. The molecule has 3 fully saturated rings. The molecule has 3 aliphatic heterocycles. The van der Waals surface area contributed by atoms with Gasteiger partial charge < -0.3 is 9.88 Å². The number of fused-ring (bicyclic) bond motifs is 6. The number of nitrogens with one attached hydrogen (secondary N) is 1. The minimum atomic E-state index is 0.643. The molecule has 3 aromatic rings. The van der Waals surface area contributed by atoms with Crippen molar-refractivity contribution in [2.45, 2.75) is 25.7 Å². The Morgan fingerprint density at radius 2 is 2.09 bits per heavy atom. The Hall–Kier alpha value is -1.94. The van der Waals surface area contributed by atoms with Gasteiger partial charge in [-0.2, -0.15) is 0 Å². The van der Waals surface area contributed by atoms with Crippen LogP contribution in [0.2, 0.25) is 0 Å². The Balaban J connectivity index is 1.74. The summed E-state index contributed by atoms with van der Waals surface area (Å²) >= 11 is 0. The lowest BCUT2D eigenvalue weighted by molar-refractivity contribution is 0.0877. The van der Waals surface area contributed by atoms with E-state index in [2.05, 4.69) is 33.2 Å². The molecule has 6 rings (SSSR count). The molecule has 0 aliphatic carbocycles. The molecule has 22 heavy (non-hydrogen) atoms. The van der Waals surface area contributed by atoms with E-state index in [0.717, 1.165) is 22.6 Å². The van der Waals surface area contributed by atoms with Crippen molar-refractivity contribution >= 4 is 21.9 Å². The maximum atomic E-state index is 4.70.